The lowest BCUT2D eigenvalue weighted by molar-refractivity contribution is -0.277. The van der Waals surface area contributed by atoms with Crippen molar-refractivity contribution in [3.63, 3.8) is 0 Å². The van der Waals surface area contributed by atoms with Gasteiger partial charge in [-0.3, -0.25) is 14.7 Å². The van der Waals surface area contributed by atoms with Crippen molar-refractivity contribution in [1.29, 1.82) is 0 Å². The molecule has 0 N–H and O–H groups in total. The van der Waals surface area contributed by atoms with Crippen molar-refractivity contribution in [2.75, 3.05) is 160 Å². The molecule has 0 amide bonds. The summed E-state index contributed by atoms with van der Waals surface area (Å²) in [4.78, 5) is 6.40. The van der Waals surface area contributed by atoms with Crippen LogP contribution in [0, 0.1) is 0 Å². The highest BCUT2D eigenvalue weighted by Gasteiger charge is 2.38. The van der Waals surface area contributed by atoms with Gasteiger partial charge in [0.1, 0.15) is 100 Å². The van der Waals surface area contributed by atoms with Gasteiger partial charge in [0.2, 0.25) is 0 Å². The van der Waals surface area contributed by atoms with Crippen LogP contribution in [0.2, 0.25) is 0 Å². The van der Waals surface area contributed by atoms with E-state index < -0.39 is 91.3 Å². The van der Waals surface area contributed by atoms with Crippen LogP contribution in [0.5, 0.6) is 0 Å². The van der Waals surface area contributed by atoms with Crippen molar-refractivity contribution in [1.82, 2.24) is 14.7 Å². The van der Waals surface area contributed by atoms with Gasteiger partial charge in [-0.05, 0) is 83.1 Å². The molecule has 30 heteroatoms. The molecule has 0 spiro atoms. The Labute approximate surface area is 475 Å². The van der Waals surface area contributed by atoms with Gasteiger partial charge in [0.05, 0.1) is 0 Å². The maximum atomic E-state index is 6.42. The molecule has 7 aliphatic rings. The molecule has 0 saturated carbocycles. The first-order chi connectivity index (χ1) is 38.4. The molecule has 7 rings (SSSR count). The first-order valence-electron chi connectivity index (χ1n) is 27.6. The van der Waals surface area contributed by atoms with Crippen molar-refractivity contribution in [3.05, 3.63) is 0 Å². The Morgan fingerprint density at radius 1 is 0.296 bits per heavy atom. The van der Waals surface area contributed by atoms with E-state index >= 15 is 0 Å². The smallest absolute Gasteiger partial charge is 0.187 e. The molecule has 7 saturated heterocycles. The summed E-state index contributed by atoms with van der Waals surface area (Å²) in [6, 6.07) is 0. The van der Waals surface area contributed by atoms with Crippen LogP contribution in [-0.2, 0) is 128 Å². The van der Waals surface area contributed by atoms with Gasteiger partial charge in [-0.25, -0.2) is 0 Å². The monoisotopic (exact) mass is 1180 g/mol. The predicted octanol–water partition coefficient (Wildman–Crippen LogP) is 2.40. The lowest BCUT2D eigenvalue weighted by Gasteiger charge is -2.28. The van der Waals surface area contributed by atoms with E-state index in [9.17, 15) is 0 Å². The average molecular weight is 1180 g/mol. The van der Waals surface area contributed by atoms with Gasteiger partial charge in [-0.15, -0.1) is 0 Å². The van der Waals surface area contributed by atoms with Crippen molar-refractivity contribution in [2.24, 2.45) is 0 Å². The summed E-state index contributed by atoms with van der Waals surface area (Å²) in [7, 11) is 0. The number of hydrogen-bond acceptors (Lipinski definition) is 30. The number of hydrogen-bond donors (Lipinski definition) is 0. The maximum Gasteiger partial charge on any atom is 0.187 e. The van der Waals surface area contributed by atoms with E-state index in [1.54, 1.807) is 0 Å². The van der Waals surface area contributed by atoms with Crippen molar-refractivity contribution < 1.29 is 128 Å². The molecule has 0 unspecified atom stereocenters. The summed E-state index contributed by atoms with van der Waals surface area (Å²) in [5.41, 5.74) is 0. The molecule has 0 aromatic carbocycles. The predicted molar refractivity (Wildman–Crippen MR) is 270 cm³/mol. The summed E-state index contributed by atoms with van der Waals surface area (Å²) in [6.45, 7) is 26.1. The first-order valence-corrected chi connectivity index (χ1v) is 27.6. The molecule has 9 atom stereocenters. The summed E-state index contributed by atoms with van der Waals surface area (Å²) in [5.74, 6) is -4.64. The third-order valence-electron chi connectivity index (χ3n) is 12.7. The third-order valence-corrected chi connectivity index (χ3v) is 12.7. The van der Waals surface area contributed by atoms with Crippen molar-refractivity contribution in [2.45, 2.75) is 174 Å². The van der Waals surface area contributed by atoms with Gasteiger partial charge < -0.3 is 128 Å². The van der Waals surface area contributed by atoms with E-state index in [-0.39, 0.29) is 120 Å². The minimum Gasteiger partial charge on any atom is -0.350 e. The van der Waals surface area contributed by atoms with Gasteiger partial charge in [-0.1, -0.05) is 0 Å². The second kappa shape index (κ2) is 32.2. The third kappa shape index (κ3) is 26.0. The van der Waals surface area contributed by atoms with Crippen LogP contribution in [0.1, 0.15) is 83.1 Å². The molecule has 474 valence electrons. The minimum absolute atomic E-state index is 0.00769. The lowest BCUT2D eigenvalue weighted by atomic mass is 10.4. The Morgan fingerprint density at radius 3 is 0.679 bits per heavy atom. The Bertz CT molecular complexity index is 1570. The highest BCUT2D eigenvalue weighted by Crippen LogP contribution is 2.28. The zero-order valence-electron chi connectivity index (χ0n) is 49.5. The molecule has 0 aromatic rings. The van der Waals surface area contributed by atoms with Crippen LogP contribution in [0.25, 0.3) is 0 Å². The van der Waals surface area contributed by atoms with E-state index in [0.29, 0.717) is 39.3 Å². The van der Waals surface area contributed by atoms with Gasteiger partial charge in [0.25, 0.3) is 0 Å². The van der Waals surface area contributed by atoms with Crippen molar-refractivity contribution in [3.8, 4) is 0 Å². The fourth-order valence-electron chi connectivity index (χ4n) is 8.36. The largest absolute Gasteiger partial charge is 0.350 e. The summed E-state index contributed by atoms with van der Waals surface area (Å²) in [6.07, 6.45) is -6.32. The quantitative estimate of drug-likeness (QED) is 0.0644. The first kappa shape index (κ1) is 67.3. The van der Waals surface area contributed by atoms with E-state index in [4.69, 9.17) is 128 Å². The Kier molecular flexibility index (Phi) is 26.7. The van der Waals surface area contributed by atoms with E-state index in [0.717, 1.165) is 0 Å². The molecule has 7 heterocycles. The van der Waals surface area contributed by atoms with Gasteiger partial charge >= 0.3 is 0 Å². The fraction of sp³-hybridized carbons (Fsp3) is 1.00. The van der Waals surface area contributed by atoms with Crippen LogP contribution in [0.3, 0.4) is 0 Å². The molecule has 0 radical (unpaired) electrons. The second-order valence-corrected chi connectivity index (χ2v) is 22.4. The van der Waals surface area contributed by atoms with Gasteiger partial charge in [-0.2, -0.15) is 0 Å². The highest BCUT2D eigenvalue weighted by atomic mass is 16.9. The maximum absolute atomic E-state index is 6.42. The van der Waals surface area contributed by atoms with Gasteiger partial charge in [0, 0.05) is 39.3 Å². The zero-order valence-corrected chi connectivity index (χ0v) is 49.5. The molecule has 7 aliphatic heterocycles. The molecule has 30 nitrogen and oxygen atoms in total. The number of rotatable bonds is 36. The molecule has 0 aromatic heterocycles. The Balaban J connectivity index is 0.981. The minimum atomic E-state index is -0.890. The molecular formula is C51H93N3O27. The SMILES string of the molecule is CC1(C)OC[C@@H](OCOC[C@H](OCO[C@@H]2COC(C)(C)O2)OCN2CCN(CO[C@H](COCO[C@@H]3COC(C)(C)O3)OCO[C@@H]3COC(C)(C)O3)CCN(CO[C@H](COCO[C@@H]3COC(C)(C)O3)OCO[C@@H]3COC(C)(C)O3)CC2)O1. The zero-order chi connectivity index (χ0) is 58.0. The lowest BCUT2D eigenvalue weighted by Crippen LogP contribution is -2.41. The molecule has 81 heavy (non-hydrogen) atoms. The fourth-order valence-corrected chi connectivity index (χ4v) is 8.36. The Hall–Kier alpha value is -1.20. The Morgan fingerprint density at radius 2 is 0.494 bits per heavy atom. The number of ether oxygens (including phenoxy) is 27. The summed E-state index contributed by atoms with van der Waals surface area (Å²) < 4.78 is 158. The van der Waals surface area contributed by atoms with Crippen LogP contribution in [-0.4, -0.2) is 266 Å². The topological polar surface area (TPSA) is 259 Å². The van der Waals surface area contributed by atoms with Crippen LogP contribution >= 0.6 is 0 Å². The molecule has 7 fully saturated rings. The normalized spacial score (nSPS) is 30.7. The molecule has 0 bridgehead atoms. The summed E-state index contributed by atoms with van der Waals surface area (Å²) >= 11 is 0. The highest BCUT2D eigenvalue weighted by molar-refractivity contribution is 4.71. The molecule has 0 aliphatic carbocycles. The average Bonchev–Trinajstić information content (AvgIpc) is 4.26. The van der Waals surface area contributed by atoms with E-state index in [1.165, 1.54) is 0 Å². The van der Waals surface area contributed by atoms with Crippen molar-refractivity contribution >= 4 is 0 Å². The van der Waals surface area contributed by atoms with Crippen LogP contribution in [0.15, 0.2) is 0 Å². The molecular weight excluding hydrogens is 1090 g/mol. The van der Waals surface area contributed by atoms with Crippen LogP contribution in [0.4, 0.5) is 0 Å². The number of nitrogens with zero attached hydrogens (tertiary/aromatic N) is 3. The van der Waals surface area contributed by atoms with E-state index in [1.807, 2.05) is 83.1 Å². The summed E-state index contributed by atoms with van der Waals surface area (Å²) in [5, 5.41) is 0. The van der Waals surface area contributed by atoms with Crippen LogP contribution < -0.4 is 0 Å². The second-order valence-electron chi connectivity index (χ2n) is 22.4. The standard InChI is InChI=1S/C51H93N3O27/c1-46(2)70-22-40(76-46)61-31-55-19-37(64-34-67-43-25-73-49(7,8)79-43)58-28-52-13-15-53(29-59-38(65-35-68-44-26-74-50(9,10)80-44)20-56-32-62-41-23-71-47(3,4)77-41)17-18-54(16-14-52)30-60-39(66-36-69-45-27-75-51(11,12)81-45)21-57-33-63-42-24-72-48(5,6)78-42/h37-45H,13-36H2,1-12H3/t37-,38-,39-,40-,41-,42-,43-,44-,45-/m0/s1. The van der Waals surface area contributed by atoms with E-state index in [2.05, 4.69) is 14.7 Å². The van der Waals surface area contributed by atoms with Gasteiger partial charge in [0.15, 0.2) is 112 Å².